The van der Waals surface area contributed by atoms with Gasteiger partial charge in [-0.2, -0.15) is 4.98 Å². The Labute approximate surface area is 150 Å². The molecule has 1 aromatic rings. The van der Waals surface area contributed by atoms with Crippen molar-refractivity contribution in [2.45, 2.75) is 71.0 Å². The fourth-order valence-corrected chi connectivity index (χ4v) is 3.89. The number of aryl methyl sites for hydroxylation is 1. The van der Waals surface area contributed by atoms with E-state index in [0.29, 0.717) is 17.8 Å². The van der Waals surface area contributed by atoms with Crippen LogP contribution in [0.15, 0.2) is 4.52 Å². The third-order valence-corrected chi connectivity index (χ3v) is 5.68. The predicted octanol–water partition coefficient (Wildman–Crippen LogP) is 1.89. The highest BCUT2D eigenvalue weighted by Gasteiger charge is 2.30. The van der Waals surface area contributed by atoms with Crippen molar-refractivity contribution in [2.24, 2.45) is 0 Å². The van der Waals surface area contributed by atoms with E-state index in [9.17, 15) is 4.79 Å². The molecule has 1 aliphatic carbocycles. The van der Waals surface area contributed by atoms with Crippen LogP contribution in [0.25, 0.3) is 0 Å². The molecule has 0 radical (unpaired) electrons. The maximum atomic E-state index is 12.6. The molecule has 1 aliphatic heterocycles. The van der Waals surface area contributed by atoms with Gasteiger partial charge in [-0.3, -0.25) is 14.6 Å². The minimum absolute atomic E-state index is 0.0648. The Morgan fingerprint density at radius 2 is 1.76 bits per heavy atom. The largest absolute Gasteiger partial charge is 0.352 e. The summed E-state index contributed by atoms with van der Waals surface area (Å²) in [6.45, 7) is 9.55. The molecule has 2 heterocycles. The quantitative estimate of drug-likeness (QED) is 0.875. The zero-order valence-corrected chi connectivity index (χ0v) is 15.7. The topological polar surface area (TPSA) is 74.5 Å². The van der Waals surface area contributed by atoms with Gasteiger partial charge in [0, 0.05) is 32.2 Å². The molecule has 2 aliphatic rings. The molecule has 1 N–H and O–H groups in total. The highest BCUT2D eigenvalue weighted by molar-refractivity contribution is 5.81. The minimum Gasteiger partial charge on any atom is -0.352 e. The van der Waals surface area contributed by atoms with E-state index in [-0.39, 0.29) is 18.0 Å². The first-order chi connectivity index (χ1) is 12.0. The lowest BCUT2D eigenvalue weighted by molar-refractivity contribution is -0.127. The summed E-state index contributed by atoms with van der Waals surface area (Å²) < 4.78 is 5.30. The van der Waals surface area contributed by atoms with E-state index in [1.807, 2.05) is 13.8 Å². The second-order valence-corrected chi connectivity index (χ2v) is 7.45. The van der Waals surface area contributed by atoms with Crippen molar-refractivity contribution in [1.82, 2.24) is 25.3 Å². The first-order valence-corrected chi connectivity index (χ1v) is 9.63. The molecular weight excluding hydrogens is 318 g/mol. The molecule has 1 saturated heterocycles. The highest BCUT2D eigenvalue weighted by Crippen LogP contribution is 2.21. The van der Waals surface area contributed by atoms with Gasteiger partial charge in [-0.25, -0.2) is 0 Å². The Balaban J connectivity index is 1.46. The van der Waals surface area contributed by atoms with E-state index < -0.39 is 0 Å². The maximum absolute atomic E-state index is 12.6. The molecule has 7 heteroatoms. The zero-order valence-electron chi connectivity index (χ0n) is 15.7. The monoisotopic (exact) mass is 349 g/mol. The maximum Gasteiger partial charge on any atom is 0.243 e. The second-order valence-electron chi connectivity index (χ2n) is 7.45. The predicted molar refractivity (Wildman–Crippen MR) is 95.1 cm³/mol. The SMILES string of the molecule is Cc1noc([C@@H](C)N2CCN([C@H](C)C(=O)NC3CCCCC3)CC2)n1. The number of nitrogens with one attached hydrogen (secondary N) is 1. The molecule has 0 bridgehead atoms. The summed E-state index contributed by atoms with van der Waals surface area (Å²) in [5, 5.41) is 7.13. The molecule has 7 nitrogen and oxygen atoms in total. The molecule has 2 atom stereocenters. The summed E-state index contributed by atoms with van der Waals surface area (Å²) in [6, 6.07) is 0.436. The Bertz CT molecular complexity index is 562. The number of rotatable bonds is 5. The van der Waals surface area contributed by atoms with Gasteiger partial charge in [0.2, 0.25) is 11.8 Å². The van der Waals surface area contributed by atoms with E-state index in [1.165, 1.54) is 19.3 Å². The van der Waals surface area contributed by atoms with Gasteiger partial charge in [-0.05, 0) is 33.6 Å². The number of amides is 1. The molecule has 0 aromatic carbocycles. The number of aromatic nitrogens is 2. The van der Waals surface area contributed by atoms with Crippen molar-refractivity contribution in [3.63, 3.8) is 0 Å². The van der Waals surface area contributed by atoms with Crippen LogP contribution in [0, 0.1) is 6.92 Å². The average molecular weight is 349 g/mol. The summed E-state index contributed by atoms with van der Waals surface area (Å²) >= 11 is 0. The van der Waals surface area contributed by atoms with Crippen molar-refractivity contribution in [2.75, 3.05) is 26.2 Å². The molecule has 1 saturated carbocycles. The van der Waals surface area contributed by atoms with Crippen molar-refractivity contribution in [3.05, 3.63) is 11.7 Å². The van der Waals surface area contributed by atoms with Crippen molar-refractivity contribution >= 4 is 5.91 Å². The number of piperazine rings is 1. The second kappa shape index (κ2) is 8.27. The standard InChI is InChI=1S/C18H31N5O2/c1-13(17(24)20-16-7-5-4-6-8-16)22-9-11-23(12-10-22)14(2)18-19-15(3)21-25-18/h13-14,16H,4-12H2,1-3H3,(H,20,24)/t13-,14-/m1/s1. The van der Waals surface area contributed by atoms with Crippen LogP contribution in [-0.2, 0) is 4.79 Å². The van der Waals surface area contributed by atoms with Crippen molar-refractivity contribution in [3.8, 4) is 0 Å². The fraction of sp³-hybridized carbons (Fsp3) is 0.833. The lowest BCUT2D eigenvalue weighted by Crippen LogP contribution is -2.55. The third kappa shape index (κ3) is 4.58. The van der Waals surface area contributed by atoms with E-state index in [2.05, 4.69) is 32.2 Å². The van der Waals surface area contributed by atoms with Gasteiger partial charge < -0.3 is 9.84 Å². The number of carbonyl (C=O) groups is 1. The lowest BCUT2D eigenvalue weighted by atomic mass is 9.95. The van der Waals surface area contributed by atoms with Gasteiger partial charge >= 0.3 is 0 Å². The van der Waals surface area contributed by atoms with Crippen LogP contribution < -0.4 is 5.32 Å². The Morgan fingerprint density at radius 3 is 2.36 bits per heavy atom. The van der Waals surface area contributed by atoms with Gasteiger partial charge in [-0.1, -0.05) is 24.4 Å². The van der Waals surface area contributed by atoms with Crippen LogP contribution in [0.3, 0.4) is 0 Å². The summed E-state index contributed by atoms with van der Waals surface area (Å²) in [7, 11) is 0. The molecule has 25 heavy (non-hydrogen) atoms. The van der Waals surface area contributed by atoms with Gasteiger partial charge in [-0.15, -0.1) is 0 Å². The molecule has 0 spiro atoms. The van der Waals surface area contributed by atoms with Crippen LogP contribution in [0.5, 0.6) is 0 Å². The summed E-state index contributed by atoms with van der Waals surface area (Å²) in [4.78, 5) is 21.5. The normalized spacial score (nSPS) is 23.3. The Hall–Kier alpha value is -1.47. The first kappa shape index (κ1) is 18.3. The lowest BCUT2D eigenvalue weighted by Gasteiger charge is -2.39. The molecule has 1 amide bonds. The number of nitrogens with zero attached hydrogens (tertiary/aromatic N) is 4. The number of hydrogen-bond donors (Lipinski definition) is 1. The van der Waals surface area contributed by atoms with Crippen molar-refractivity contribution in [1.29, 1.82) is 0 Å². The van der Waals surface area contributed by atoms with E-state index in [4.69, 9.17) is 4.52 Å². The van der Waals surface area contributed by atoms with Crippen LogP contribution in [0.1, 0.15) is 63.7 Å². The third-order valence-electron chi connectivity index (χ3n) is 5.68. The number of carbonyl (C=O) groups excluding carboxylic acids is 1. The zero-order chi connectivity index (χ0) is 17.8. The summed E-state index contributed by atoms with van der Waals surface area (Å²) in [5.74, 6) is 1.53. The Morgan fingerprint density at radius 1 is 1.12 bits per heavy atom. The molecular formula is C18H31N5O2. The van der Waals surface area contributed by atoms with Gasteiger partial charge in [0.05, 0.1) is 12.1 Å². The van der Waals surface area contributed by atoms with Crippen LogP contribution >= 0.6 is 0 Å². The Kier molecular flexibility index (Phi) is 6.06. The van der Waals surface area contributed by atoms with Crippen molar-refractivity contribution < 1.29 is 9.32 Å². The van der Waals surface area contributed by atoms with E-state index in [0.717, 1.165) is 39.0 Å². The molecule has 1 aromatic heterocycles. The minimum atomic E-state index is -0.0648. The summed E-state index contributed by atoms with van der Waals surface area (Å²) in [5.41, 5.74) is 0. The summed E-state index contributed by atoms with van der Waals surface area (Å²) in [6.07, 6.45) is 6.05. The van der Waals surface area contributed by atoms with Gasteiger partial charge in [0.15, 0.2) is 5.82 Å². The number of hydrogen-bond acceptors (Lipinski definition) is 6. The molecule has 3 rings (SSSR count). The average Bonchev–Trinajstić information content (AvgIpc) is 3.08. The first-order valence-electron chi connectivity index (χ1n) is 9.63. The van der Waals surface area contributed by atoms with Crippen LogP contribution in [-0.4, -0.2) is 64.1 Å². The molecule has 140 valence electrons. The van der Waals surface area contributed by atoms with E-state index in [1.54, 1.807) is 0 Å². The fourth-order valence-electron chi connectivity index (χ4n) is 3.89. The van der Waals surface area contributed by atoms with Gasteiger partial charge in [0.1, 0.15) is 0 Å². The smallest absolute Gasteiger partial charge is 0.243 e. The van der Waals surface area contributed by atoms with Crippen LogP contribution in [0.2, 0.25) is 0 Å². The van der Waals surface area contributed by atoms with E-state index >= 15 is 0 Å². The van der Waals surface area contributed by atoms with Gasteiger partial charge in [0.25, 0.3) is 0 Å². The van der Waals surface area contributed by atoms with Crippen LogP contribution in [0.4, 0.5) is 0 Å². The highest BCUT2D eigenvalue weighted by atomic mass is 16.5. The molecule has 0 unspecified atom stereocenters. The molecule has 2 fully saturated rings.